The summed E-state index contributed by atoms with van der Waals surface area (Å²) < 4.78 is 47.7. The van der Waals surface area contributed by atoms with E-state index in [0.29, 0.717) is 35.4 Å². The van der Waals surface area contributed by atoms with E-state index in [0.717, 1.165) is 25.9 Å². The van der Waals surface area contributed by atoms with E-state index in [1.54, 1.807) is 36.4 Å². The Bertz CT molecular complexity index is 1230. The minimum absolute atomic E-state index is 0.128. The molecule has 2 aromatic carbocycles. The Labute approximate surface area is 178 Å². The van der Waals surface area contributed by atoms with E-state index in [-0.39, 0.29) is 16.6 Å². The largest absolute Gasteiger partial charge is 0.420 e. The average molecular weight is 441 g/mol. The van der Waals surface area contributed by atoms with Gasteiger partial charge in [-0.2, -0.15) is 8.42 Å². The molecule has 0 spiro atoms. The molecule has 0 bridgehead atoms. The van der Waals surface area contributed by atoms with E-state index in [1.807, 2.05) is 0 Å². The molecule has 0 amide bonds. The monoisotopic (exact) mass is 441 g/mol. The smallest absolute Gasteiger partial charge is 0.286 e. The summed E-state index contributed by atoms with van der Waals surface area (Å²) in [6, 6.07) is 12.7. The summed E-state index contributed by atoms with van der Waals surface area (Å²) in [5.74, 6) is 1.19. The van der Waals surface area contributed by atoms with E-state index >= 15 is 0 Å². The topological polar surface area (TPSA) is 101 Å². The van der Waals surface area contributed by atoms with Crippen molar-refractivity contribution in [2.75, 3.05) is 25.0 Å². The Balaban J connectivity index is 1.22. The highest BCUT2D eigenvalue weighted by Gasteiger charge is 2.29. The van der Waals surface area contributed by atoms with E-state index in [1.165, 1.54) is 12.1 Å². The molecule has 2 aliphatic heterocycles. The molecule has 0 atom stereocenters. The molecule has 3 heterocycles. The van der Waals surface area contributed by atoms with Crippen LogP contribution in [0.3, 0.4) is 0 Å². The number of likely N-dealkylation sites (tertiary alicyclic amines) is 1. The number of rotatable bonds is 4. The number of hydrogen-bond donors (Lipinski definition) is 1. The highest BCUT2D eigenvalue weighted by molar-refractivity contribution is 7.90. The molecule has 160 valence electrons. The zero-order valence-corrected chi connectivity index (χ0v) is 17.3. The van der Waals surface area contributed by atoms with E-state index in [2.05, 4.69) is 24.8 Å². The lowest BCUT2D eigenvalue weighted by atomic mass is 9.97. The fourth-order valence-corrected chi connectivity index (χ4v) is 5.03. The number of piperidine rings is 1. The second-order valence-corrected chi connectivity index (χ2v) is 9.21. The summed E-state index contributed by atoms with van der Waals surface area (Å²) in [4.78, 5) is 2.36. The molecule has 1 aromatic heterocycles. The first kappa shape index (κ1) is 19.8. The van der Waals surface area contributed by atoms with Crippen LogP contribution >= 0.6 is 0 Å². The van der Waals surface area contributed by atoms with Crippen LogP contribution in [0.1, 0.15) is 24.7 Å². The third-order valence-corrected chi connectivity index (χ3v) is 6.89. The van der Waals surface area contributed by atoms with Crippen molar-refractivity contribution in [3.63, 3.8) is 0 Å². The van der Waals surface area contributed by atoms with E-state index < -0.39 is 10.0 Å². The van der Waals surface area contributed by atoms with Crippen molar-refractivity contribution in [3.8, 4) is 11.5 Å². The average Bonchev–Trinajstić information content (AvgIpc) is 3.25. The first-order valence-electron chi connectivity index (χ1n) is 9.99. The molecule has 3 aromatic rings. The Kier molecular flexibility index (Phi) is 5.03. The first-order chi connectivity index (χ1) is 15.0. The van der Waals surface area contributed by atoms with Crippen LogP contribution in [0.4, 0.5) is 10.1 Å². The van der Waals surface area contributed by atoms with Crippen molar-refractivity contribution in [3.05, 3.63) is 60.2 Å². The van der Waals surface area contributed by atoms with Gasteiger partial charge in [-0.25, -0.2) is 4.39 Å². The Morgan fingerprint density at radius 3 is 2.58 bits per heavy atom. The van der Waals surface area contributed by atoms with Crippen molar-refractivity contribution in [1.82, 2.24) is 15.1 Å². The SMILES string of the molecule is O=S1(=O)N=C(CN2CCC(c3nnc(-c4ccc(F)cc4)o3)CC2)Nc2ccccc21. The van der Waals surface area contributed by atoms with Crippen molar-refractivity contribution in [2.45, 2.75) is 23.7 Å². The lowest BCUT2D eigenvalue weighted by Gasteiger charge is -2.31. The van der Waals surface area contributed by atoms with Crippen LogP contribution in [0.25, 0.3) is 11.5 Å². The van der Waals surface area contributed by atoms with Crippen molar-refractivity contribution < 1.29 is 17.2 Å². The zero-order chi connectivity index (χ0) is 21.4. The van der Waals surface area contributed by atoms with Gasteiger partial charge in [0, 0.05) is 11.5 Å². The molecule has 8 nitrogen and oxygen atoms in total. The maximum absolute atomic E-state index is 13.1. The van der Waals surface area contributed by atoms with Gasteiger partial charge in [-0.05, 0) is 62.3 Å². The summed E-state index contributed by atoms with van der Waals surface area (Å²) in [6.45, 7) is 1.92. The Morgan fingerprint density at radius 1 is 1.06 bits per heavy atom. The normalized spacial score (nSPS) is 18.8. The van der Waals surface area contributed by atoms with E-state index in [4.69, 9.17) is 4.42 Å². The number of aromatic nitrogens is 2. The Hall–Kier alpha value is -3.11. The molecule has 1 N–H and O–H groups in total. The first-order valence-corrected chi connectivity index (χ1v) is 11.4. The predicted molar refractivity (Wildman–Crippen MR) is 113 cm³/mol. The molecule has 1 fully saturated rings. The number of anilines is 1. The fourth-order valence-electron chi connectivity index (χ4n) is 3.89. The molecule has 10 heteroatoms. The number of para-hydroxylation sites is 1. The molecular weight excluding hydrogens is 421 g/mol. The van der Waals surface area contributed by atoms with Crippen LogP contribution in [0.2, 0.25) is 0 Å². The van der Waals surface area contributed by atoms with Crippen molar-refractivity contribution >= 4 is 21.5 Å². The minimum atomic E-state index is -3.68. The second-order valence-electron chi connectivity index (χ2n) is 7.64. The van der Waals surface area contributed by atoms with Crippen LogP contribution in [-0.2, 0) is 10.0 Å². The fraction of sp³-hybridized carbons (Fsp3) is 0.286. The molecule has 0 unspecified atom stereocenters. The highest BCUT2D eigenvalue weighted by Crippen LogP contribution is 2.30. The van der Waals surface area contributed by atoms with Gasteiger partial charge in [-0.15, -0.1) is 14.6 Å². The van der Waals surface area contributed by atoms with Gasteiger partial charge in [0.15, 0.2) is 0 Å². The molecule has 0 radical (unpaired) electrons. The maximum atomic E-state index is 13.1. The maximum Gasteiger partial charge on any atom is 0.286 e. The number of halogens is 1. The van der Waals surface area contributed by atoms with Crippen LogP contribution in [0.15, 0.2) is 62.2 Å². The van der Waals surface area contributed by atoms with Gasteiger partial charge >= 0.3 is 0 Å². The van der Waals surface area contributed by atoms with E-state index in [9.17, 15) is 12.8 Å². The minimum Gasteiger partial charge on any atom is -0.420 e. The number of hydrogen-bond acceptors (Lipinski definition) is 7. The lowest BCUT2D eigenvalue weighted by Crippen LogP contribution is -2.40. The summed E-state index contributed by atoms with van der Waals surface area (Å²) >= 11 is 0. The predicted octanol–water partition coefficient (Wildman–Crippen LogP) is 3.27. The van der Waals surface area contributed by atoms with Gasteiger partial charge in [-0.3, -0.25) is 4.90 Å². The van der Waals surface area contributed by atoms with Crippen molar-refractivity contribution in [1.29, 1.82) is 0 Å². The number of nitrogens with zero attached hydrogens (tertiary/aromatic N) is 4. The van der Waals surface area contributed by atoms with Crippen molar-refractivity contribution in [2.24, 2.45) is 4.40 Å². The van der Waals surface area contributed by atoms with Gasteiger partial charge in [0.2, 0.25) is 11.8 Å². The van der Waals surface area contributed by atoms with Crippen LogP contribution < -0.4 is 5.32 Å². The summed E-state index contributed by atoms with van der Waals surface area (Å²) in [5.41, 5.74) is 1.24. The number of sulfonamides is 1. The molecule has 0 saturated carbocycles. The molecule has 31 heavy (non-hydrogen) atoms. The molecular formula is C21H20FN5O3S. The number of fused-ring (bicyclic) bond motifs is 1. The van der Waals surface area contributed by atoms with Gasteiger partial charge in [0.25, 0.3) is 10.0 Å². The quantitative estimate of drug-likeness (QED) is 0.663. The second kappa shape index (κ2) is 7.86. The van der Waals surface area contributed by atoms with Gasteiger partial charge in [0.1, 0.15) is 16.5 Å². The van der Waals surface area contributed by atoms with Gasteiger partial charge < -0.3 is 9.73 Å². The van der Waals surface area contributed by atoms with Crippen LogP contribution in [0.5, 0.6) is 0 Å². The third kappa shape index (κ3) is 4.08. The Morgan fingerprint density at radius 2 is 1.81 bits per heavy atom. The van der Waals surface area contributed by atoms with Gasteiger partial charge in [0.05, 0.1) is 12.2 Å². The highest BCUT2D eigenvalue weighted by atomic mass is 32.2. The third-order valence-electron chi connectivity index (χ3n) is 5.52. The molecule has 1 saturated heterocycles. The number of benzene rings is 2. The van der Waals surface area contributed by atoms with Crippen LogP contribution in [0, 0.1) is 5.82 Å². The van der Waals surface area contributed by atoms with Crippen LogP contribution in [-0.4, -0.2) is 49.0 Å². The number of nitrogens with one attached hydrogen (secondary N) is 1. The zero-order valence-electron chi connectivity index (χ0n) is 16.5. The number of amidine groups is 1. The lowest BCUT2D eigenvalue weighted by molar-refractivity contribution is 0.223. The molecule has 0 aliphatic carbocycles. The summed E-state index contributed by atoms with van der Waals surface area (Å²) in [5, 5.41) is 11.4. The summed E-state index contributed by atoms with van der Waals surface area (Å²) in [7, 11) is -3.68. The van der Waals surface area contributed by atoms with Gasteiger partial charge in [-0.1, -0.05) is 12.1 Å². The summed E-state index contributed by atoms with van der Waals surface area (Å²) in [6.07, 6.45) is 1.61. The molecule has 5 rings (SSSR count). The molecule has 2 aliphatic rings. The standard InChI is InChI=1S/C21H20FN5O3S/c22-16-7-5-14(6-8-16)20-24-25-21(30-20)15-9-11-27(12-10-15)13-19-23-17-3-1-2-4-18(17)31(28,29)26-19/h1-8,15H,9-13H2,(H,23,26).